The largest absolute Gasteiger partial charge is 0.0991 e. The van der Waals surface area contributed by atoms with Crippen LogP contribution in [0.4, 0.5) is 0 Å². The summed E-state index contributed by atoms with van der Waals surface area (Å²) in [6.45, 7) is 8.04. The molecule has 0 unspecified atom stereocenters. The maximum absolute atomic E-state index is 3.80. The molecule has 0 nitrogen and oxygen atoms in total. The van der Waals surface area contributed by atoms with E-state index in [0.717, 1.165) is 0 Å². The van der Waals surface area contributed by atoms with Crippen LogP contribution in [0.1, 0.15) is 18.1 Å². The van der Waals surface area contributed by atoms with Gasteiger partial charge in [0.05, 0.1) is 0 Å². The Morgan fingerprint density at radius 3 is 1.92 bits per heavy atom. The minimum atomic E-state index is 1.23. The molecule has 0 fully saturated rings. The minimum absolute atomic E-state index is 1.23. The van der Waals surface area contributed by atoms with Crippen LogP contribution in [-0.4, -0.2) is 0 Å². The Bertz CT molecular complexity index is 863. The number of aryl methyl sites for hydroxylation is 1. The number of hydrogen-bond acceptors (Lipinski definition) is 0. The third-order valence-electron chi connectivity index (χ3n) is 4.30. The first-order valence-electron chi connectivity index (χ1n) is 8.25. The van der Waals surface area contributed by atoms with Gasteiger partial charge in [-0.15, -0.1) is 0 Å². The van der Waals surface area contributed by atoms with Gasteiger partial charge >= 0.3 is 0 Å². The Morgan fingerprint density at radius 1 is 0.750 bits per heavy atom. The lowest BCUT2D eigenvalue weighted by Crippen LogP contribution is -1.87. The summed E-state index contributed by atoms with van der Waals surface area (Å²) in [5.74, 6) is 0. The van der Waals surface area contributed by atoms with Crippen LogP contribution in [0.2, 0.25) is 0 Å². The lowest BCUT2D eigenvalue weighted by molar-refractivity contribution is 1.47. The van der Waals surface area contributed by atoms with E-state index in [1.807, 2.05) is 6.08 Å². The molecule has 3 aromatic rings. The van der Waals surface area contributed by atoms with Crippen molar-refractivity contribution in [3.05, 3.63) is 103 Å². The van der Waals surface area contributed by atoms with Gasteiger partial charge in [0.1, 0.15) is 0 Å². The third kappa shape index (κ3) is 3.38. The topological polar surface area (TPSA) is 0 Å². The molecule has 24 heavy (non-hydrogen) atoms. The van der Waals surface area contributed by atoms with Crippen LogP contribution >= 0.6 is 0 Å². The molecule has 118 valence electrons. The molecule has 0 saturated heterocycles. The van der Waals surface area contributed by atoms with E-state index in [4.69, 9.17) is 0 Å². The molecule has 0 spiro atoms. The molecule has 0 atom stereocenters. The van der Waals surface area contributed by atoms with Crippen molar-refractivity contribution in [1.82, 2.24) is 0 Å². The smallest absolute Gasteiger partial charge is 0.0109 e. The average molecular weight is 310 g/mol. The fourth-order valence-corrected chi connectivity index (χ4v) is 2.93. The predicted octanol–water partition coefficient (Wildman–Crippen LogP) is 6.92. The van der Waals surface area contributed by atoms with Gasteiger partial charge < -0.3 is 0 Å². The molecule has 0 aliphatic carbocycles. The van der Waals surface area contributed by atoms with Crippen molar-refractivity contribution < 1.29 is 0 Å². The summed E-state index contributed by atoms with van der Waals surface area (Å²) >= 11 is 0. The monoisotopic (exact) mass is 310 g/mol. The number of hydrogen-bond donors (Lipinski definition) is 0. The second-order valence-corrected chi connectivity index (χ2v) is 6.07. The van der Waals surface area contributed by atoms with Crippen LogP contribution in [0.15, 0.2) is 91.5 Å². The zero-order chi connectivity index (χ0) is 16.9. The molecule has 0 bridgehead atoms. The van der Waals surface area contributed by atoms with Crippen LogP contribution in [0, 0.1) is 6.92 Å². The Hall–Kier alpha value is -2.86. The fraction of sp³-hybridized carbons (Fsp3) is 0.0833. The van der Waals surface area contributed by atoms with Crippen molar-refractivity contribution in [3.8, 4) is 22.3 Å². The summed E-state index contributed by atoms with van der Waals surface area (Å²) in [5.41, 5.74) is 8.75. The van der Waals surface area contributed by atoms with Crippen molar-refractivity contribution in [2.24, 2.45) is 0 Å². The van der Waals surface area contributed by atoms with Crippen LogP contribution in [0.5, 0.6) is 0 Å². The van der Waals surface area contributed by atoms with E-state index in [-0.39, 0.29) is 0 Å². The first-order valence-corrected chi connectivity index (χ1v) is 8.25. The van der Waals surface area contributed by atoms with Crippen LogP contribution in [-0.2, 0) is 0 Å². The highest BCUT2D eigenvalue weighted by atomic mass is 14.1. The zero-order valence-corrected chi connectivity index (χ0v) is 14.3. The van der Waals surface area contributed by atoms with Gasteiger partial charge in [0, 0.05) is 0 Å². The van der Waals surface area contributed by atoms with E-state index in [9.17, 15) is 0 Å². The van der Waals surface area contributed by atoms with Gasteiger partial charge in [-0.05, 0) is 47.2 Å². The third-order valence-corrected chi connectivity index (χ3v) is 4.30. The van der Waals surface area contributed by atoms with Crippen molar-refractivity contribution in [2.75, 3.05) is 0 Å². The van der Waals surface area contributed by atoms with E-state index in [2.05, 4.69) is 99.3 Å². The molecule has 0 aliphatic heterocycles. The van der Waals surface area contributed by atoms with Gasteiger partial charge in [-0.3, -0.25) is 0 Å². The quantitative estimate of drug-likeness (QED) is 0.459. The predicted molar refractivity (Wildman–Crippen MR) is 106 cm³/mol. The zero-order valence-electron chi connectivity index (χ0n) is 14.3. The normalized spacial score (nSPS) is 11.3. The highest BCUT2D eigenvalue weighted by Crippen LogP contribution is 2.30. The second-order valence-electron chi connectivity index (χ2n) is 6.07. The molecule has 0 heterocycles. The highest BCUT2D eigenvalue weighted by Gasteiger charge is 2.06. The van der Waals surface area contributed by atoms with E-state index in [1.54, 1.807) is 0 Å². The first kappa shape index (κ1) is 16.0. The van der Waals surface area contributed by atoms with Crippen LogP contribution in [0.25, 0.3) is 27.8 Å². The van der Waals surface area contributed by atoms with Crippen molar-refractivity contribution in [2.45, 2.75) is 13.8 Å². The Balaban J connectivity index is 1.99. The number of allylic oxidation sites excluding steroid dienone is 3. The molecule has 0 N–H and O–H groups in total. The first-order chi connectivity index (χ1) is 11.7. The van der Waals surface area contributed by atoms with Gasteiger partial charge in [-0.25, -0.2) is 0 Å². The molecule has 0 amide bonds. The summed E-state index contributed by atoms with van der Waals surface area (Å²) in [4.78, 5) is 0. The lowest BCUT2D eigenvalue weighted by atomic mass is 9.93. The minimum Gasteiger partial charge on any atom is -0.0991 e. The Morgan fingerprint density at radius 2 is 1.29 bits per heavy atom. The maximum Gasteiger partial charge on any atom is -0.0109 e. The lowest BCUT2D eigenvalue weighted by Gasteiger charge is -2.11. The van der Waals surface area contributed by atoms with E-state index in [0.29, 0.717) is 0 Å². The van der Waals surface area contributed by atoms with E-state index < -0.39 is 0 Å². The SMILES string of the molecule is C=C/C=C(\C)c1ccccc1-c1ccc(-c2ccc(C)cc2)cc1. The molecule has 3 rings (SSSR count). The van der Waals surface area contributed by atoms with Crippen molar-refractivity contribution >= 4 is 5.57 Å². The van der Waals surface area contributed by atoms with Crippen LogP contribution < -0.4 is 0 Å². The highest BCUT2D eigenvalue weighted by molar-refractivity contribution is 5.82. The van der Waals surface area contributed by atoms with Gasteiger partial charge in [0.15, 0.2) is 0 Å². The summed E-state index contributed by atoms with van der Waals surface area (Å²) in [5, 5.41) is 0. The summed E-state index contributed by atoms with van der Waals surface area (Å²) in [6, 6.07) is 26.0. The summed E-state index contributed by atoms with van der Waals surface area (Å²) in [6.07, 6.45) is 3.89. The number of benzene rings is 3. The molecule has 0 aliphatic rings. The van der Waals surface area contributed by atoms with Gasteiger partial charge in [-0.2, -0.15) is 0 Å². The van der Waals surface area contributed by atoms with Crippen molar-refractivity contribution in [3.63, 3.8) is 0 Å². The maximum atomic E-state index is 3.80. The van der Waals surface area contributed by atoms with E-state index in [1.165, 1.54) is 39.0 Å². The fourth-order valence-electron chi connectivity index (χ4n) is 2.93. The standard InChI is InChI=1S/C24H22/c1-4-7-19(3)23-8-5-6-9-24(23)22-16-14-21(15-17-22)20-12-10-18(2)11-13-20/h4-17H,1H2,2-3H3/b19-7+. The molecule has 0 heteroatoms. The molecule has 0 saturated carbocycles. The van der Waals surface area contributed by atoms with Gasteiger partial charge in [-0.1, -0.05) is 97.1 Å². The van der Waals surface area contributed by atoms with Gasteiger partial charge in [0.25, 0.3) is 0 Å². The van der Waals surface area contributed by atoms with Crippen LogP contribution in [0.3, 0.4) is 0 Å². The molecule has 0 aromatic heterocycles. The van der Waals surface area contributed by atoms with E-state index >= 15 is 0 Å². The molecule has 0 radical (unpaired) electrons. The second kappa shape index (κ2) is 7.14. The molecular formula is C24H22. The van der Waals surface area contributed by atoms with Crippen molar-refractivity contribution in [1.29, 1.82) is 0 Å². The Labute approximate surface area is 144 Å². The summed E-state index contributed by atoms with van der Waals surface area (Å²) < 4.78 is 0. The van der Waals surface area contributed by atoms with Gasteiger partial charge in [0.2, 0.25) is 0 Å². The number of rotatable bonds is 4. The average Bonchev–Trinajstić information content (AvgIpc) is 2.63. The molecular weight excluding hydrogens is 288 g/mol. The summed E-state index contributed by atoms with van der Waals surface area (Å²) in [7, 11) is 0. The molecule has 3 aromatic carbocycles. The Kier molecular flexibility index (Phi) is 4.77.